The Hall–Kier alpha value is -2.21. The van der Waals surface area contributed by atoms with Crippen molar-refractivity contribution in [1.29, 1.82) is 0 Å². The fourth-order valence-corrected chi connectivity index (χ4v) is 2.29. The van der Waals surface area contributed by atoms with Crippen LogP contribution >= 0.6 is 24.0 Å². The number of aromatic nitrogens is 1. The quantitative estimate of drug-likeness (QED) is 0.279. The Morgan fingerprint density at radius 2 is 1.65 bits per heavy atom. The zero-order valence-electron chi connectivity index (χ0n) is 12.7. The first-order valence-electron chi connectivity index (χ1n) is 7.10. The van der Waals surface area contributed by atoms with Crippen molar-refractivity contribution in [3.05, 3.63) is 78.6 Å². The highest BCUT2D eigenvalue weighted by molar-refractivity contribution is 14.0. The first-order valence-corrected chi connectivity index (χ1v) is 7.10. The summed E-state index contributed by atoms with van der Waals surface area (Å²) in [5.41, 5.74) is 1.62. The molecule has 0 unspecified atom stereocenters. The van der Waals surface area contributed by atoms with Crippen molar-refractivity contribution in [2.24, 2.45) is 12.0 Å². The topological polar surface area (TPSA) is 39.3 Å². The molecule has 1 aromatic heterocycles. The van der Waals surface area contributed by atoms with Crippen molar-refractivity contribution in [3.8, 4) is 0 Å². The molecule has 3 nitrogen and oxygen atoms in total. The van der Waals surface area contributed by atoms with Crippen molar-refractivity contribution in [2.75, 3.05) is 0 Å². The van der Waals surface area contributed by atoms with E-state index in [1.54, 1.807) is 6.08 Å². The predicted molar refractivity (Wildman–Crippen MR) is 103 cm³/mol. The Morgan fingerprint density at radius 3 is 2.39 bits per heavy atom. The number of hydrogen-bond acceptors (Lipinski definition) is 2. The molecule has 4 heteroatoms. The first kappa shape index (κ1) is 17.1. The SMILES string of the molecule is C[n+]1cc2ccccc2cc1/C=C/C([O-])=Nc1ccccc1.I. The van der Waals surface area contributed by atoms with Gasteiger partial charge in [-0.15, -0.1) is 24.0 Å². The van der Waals surface area contributed by atoms with Gasteiger partial charge in [0, 0.05) is 17.5 Å². The summed E-state index contributed by atoms with van der Waals surface area (Å²) < 4.78 is 1.99. The number of nitrogens with zero attached hydrogens (tertiary/aromatic N) is 2. The van der Waals surface area contributed by atoms with Gasteiger partial charge < -0.3 is 5.11 Å². The molecule has 0 aliphatic carbocycles. The fourth-order valence-electron chi connectivity index (χ4n) is 2.29. The van der Waals surface area contributed by atoms with Gasteiger partial charge in [0.1, 0.15) is 7.05 Å². The van der Waals surface area contributed by atoms with Crippen LogP contribution in [0.25, 0.3) is 16.8 Å². The number of aliphatic imine (C=N–C) groups is 1. The normalized spacial score (nSPS) is 11.6. The molecule has 0 aliphatic heterocycles. The number of para-hydroxylation sites is 1. The highest BCUT2D eigenvalue weighted by Crippen LogP contribution is 2.13. The summed E-state index contributed by atoms with van der Waals surface area (Å²) in [5, 5.41) is 14.2. The zero-order chi connectivity index (χ0) is 15.4. The standard InChI is InChI=1S/C19H16N2O.HI/c1-21-14-16-8-6-5-7-15(16)13-18(21)11-12-19(22)20-17-9-3-2-4-10-17;/h2-14H,1H3;1H/b12-11+;. The van der Waals surface area contributed by atoms with Crippen LogP contribution in [-0.4, -0.2) is 5.90 Å². The Labute approximate surface area is 152 Å². The maximum atomic E-state index is 11.9. The number of halogens is 1. The van der Waals surface area contributed by atoms with E-state index in [0.29, 0.717) is 5.69 Å². The van der Waals surface area contributed by atoms with E-state index < -0.39 is 0 Å². The van der Waals surface area contributed by atoms with Gasteiger partial charge in [0.15, 0.2) is 6.20 Å². The van der Waals surface area contributed by atoms with Crippen LogP contribution in [0.2, 0.25) is 0 Å². The minimum atomic E-state index is -0.264. The van der Waals surface area contributed by atoms with Crippen LogP contribution < -0.4 is 9.67 Å². The summed E-state index contributed by atoms with van der Waals surface area (Å²) in [6.07, 6.45) is 5.34. The van der Waals surface area contributed by atoms with E-state index in [-0.39, 0.29) is 29.9 Å². The third kappa shape index (κ3) is 4.39. The van der Waals surface area contributed by atoms with Gasteiger partial charge in [-0.1, -0.05) is 36.4 Å². The maximum absolute atomic E-state index is 11.9. The number of pyridine rings is 1. The summed E-state index contributed by atoms with van der Waals surface area (Å²) in [7, 11) is 1.96. The number of benzene rings is 2. The molecule has 1 heterocycles. The van der Waals surface area contributed by atoms with Crippen LogP contribution in [0.5, 0.6) is 0 Å². The molecular weight excluding hydrogens is 399 g/mol. The second-order valence-electron chi connectivity index (χ2n) is 5.06. The Kier molecular flexibility index (Phi) is 5.87. The van der Waals surface area contributed by atoms with E-state index >= 15 is 0 Å². The molecule has 0 radical (unpaired) electrons. The Balaban J connectivity index is 0.00000192. The van der Waals surface area contributed by atoms with Gasteiger partial charge in [0.2, 0.25) is 5.69 Å². The van der Waals surface area contributed by atoms with Crippen molar-refractivity contribution >= 4 is 52.4 Å². The lowest BCUT2D eigenvalue weighted by Gasteiger charge is -2.04. The average Bonchev–Trinajstić information content (AvgIpc) is 2.54. The molecule has 3 aromatic rings. The monoisotopic (exact) mass is 416 g/mol. The molecule has 0 saturated heterocycles. The largest absolute Gasteiger partial charge is 0.859 e. The van der Waals surface area contributed by atoms with Gasteiger partial charge in [0.25, 0.3) is 0 Å². The summed E-state index contributed by atoms with van der Waals surface area (Å²) in [5.74, 6) is -0.264. The molecular formula is C19H17IN2O. The molecule has 3 rings (SSSR count). The van der Waals surface area contributed by atoms with Crippen molar-refractivity contribution in [1.82, 2.24) is 0 Å². The number of hydrogen-bond donors (Lipinski definition) is 0. The lowest BCUT2D eigenvalue weighted by atomic mass is 10.1. The number of fused-ring (bicyclic) bond motifs is 1. The molecule has 2 aromatic carbocycles. The van der Waals surface area contributed by atoms with Crippen molar-refractivity contribution in [2.45, 2.75) is 0 Å². The summed E-state index contributed by atoms with van der Waals surface area (Å²) >= 11 is 0. The van der Waals surface area contributed by atoms with Crippen LogP contribution in [0.15, 0.2) is 77.9 Å². The summed E-state index contributed by atoms with van der Waals surface area (Å²) in [4.78, 5) is 4.03. The van der Waals surface area contributed by atoms with Gasteiger partial charge in [-0.3, -0.25) is 4.99 Å². The molecule has 0 bridgehead atoms. The van der Waals surface area contributed by atoms with Crippen LogP contribution in [0.3, 0.4) is 0 Å². The molecule has 0 N–H and O–H groups in total. The van der Waals surface area contributed by atoms with Gasteiger partial charge in [-0.25, -0.2) is 4.57 Å². The summed E-state index contributed by atoms with van der Waals surface area (Å²) in [6.45, 7) is 0. The third-order valence-electron chi connectivity index (χ3n) is 3.43. The van der Waals surface area contributed by atoms with Crippen molar-refractivity contribution < 1.29 is 9.67 Å². The van der Waals surface area contributed by atoms with Gasteiger partial charge in [0.05, 0.1) is 5.69 Å². The van der Waals surface area contributed by atoms with Crippen molar-refractivity contribution in [3.63, 3.8) is 0 Å². The van der Waals surface area contributed by atoms with Crippen LogP contribution in [0.1, 0.15) is 5.69 Å². The smallest absolute Gasteiger partial charge is 0.205 e. The van der Waals surface area contributed by atoms with E-state index in [1.165, 1.54) is 11.5 Å². The van der Waals surface area contributed by atoms with E-state index in [2.05, 4.69) is 23.2 Å². The fraction of sp³-hybridized carbons (Fsp3) is 0.0526. The Bertz CT molecular complexity index is 858. The zero-order valence-corrected chi connectivity index (χ0v) is 15.0. The molecule has 0 amide bonds. The predicted octanol–water partition coefficient (Wildman–Crippen LogP) is 3.39. The first-order chi connectivity index (χ1) is 10.7. The highest BCUT2D eigenvalue weighted by Gasteiger charge is 2.04. The molecule has 23 heavy (non-hydrogen) atoms. The van der Waals surface area contributed by atoms with E-state index in [0.717, 1.165) is 11.1 Å². The number of aryl methyl sites for hydroxylation is 1. The van der Waals surface area contributed by atoms with Crippen LogP contribution in [0.4, 0.5) is 5.69 Å². The minimum absolute atomic E-state index is 0. The molecule has 0 saturated carbocycles. The van der Waals surface area contributed by atoms with E-state index in [4.69, 9.17) is 0 Å². The minimum Gasteiger partial charge on any atom is -0.859 e. The van der Waals surface area contributed by atoms with E-state index in [9.17, 15) is 5.11 Å². The van der Waals surface area contributed by atoms with Gasteiger partial charge >= 0.3 is 0 Å². The second-order valence-corrected chi connectivity index (χ2v) is 5.06. The highest BCUT2D eigenvalue weighted by atomic mass is 127. The second kappa shape index (κ2) is 7.87. The lowest BCUT2D eigenvalue weighted by Crippen LogP contribution is -2.31. The molecule has 0 atom stereocenters. The van der Waals surface area contributed by atoms with Gasteiger partial charge in [-0.2, -0.15) is 0 Å². The molecule has 0 fully saturated rings. The average molecular weight is 416 g/mol. The molecule has 0 aliphatic rings. The summed E-state index contributed by atoms with van der Waals surface area (Å²) in [6, 6.07) is 19.4. The van der Waals surface area contributed by atoms with Crippen LogP contribution in [0, 0.1) is 0 Å². The maximum Gasteiger partial charge on any atom is 0.205 e. The lowest BCUT2D eigenvalue weighted by molar-refractivity contribution is -0.671. The molecule has 116 valence electrons. The van der Waals surface area contributed by atoms with E-state index in [1.807, 2.05) is 60.3 Å². The van der Waals surface area contributed by atoms with Crippen LogP contribution in [-0.2, 0) is 7.05 Å². The number of rotatable bonds is 3. The van der Waals surface area contributed by atoms with Gasteiger partial charge in [-0.05, 0) is 35.6 Å². The molecule has 0 spiro atoms. The Morgan fingerprint density at radius 1 is 1.00 bits per heavy atom. The third-order valence-corrected chi connectivity index (χ3v) is 3.43.